The van der Waals surface area contributed by atoms with Crippen LogP contribution in [0.4, 0.5) is 11.6 Å². The summed E-state index contributed by atoms with van der Waals surface area (Å²) in [6.45, 7) is 0. The van der Waals surface area contributed by atoms with E-state index in [0.717, 1.165) is 27.7 Å². The Balaban J connectivity index is 1.60. The second-order valence-corrected chi connectivity index (χ2v) is 7.54. The highest BCUT2D eigenvalue weighted by Gasteiger charge is 2.29. The molecule has 0 aliphatic rings. The van der Waals surface area contributed by atoms with Crippen LogP contribution in [0.3, 0.4) is 0 Å². The number of nitrogens with zero attached hydrogens (tertiary/aromatic N) is 5. The second kappa shape index (κ2) is 8.88. The van der Waals surface area contributed by atoms with E-state index in [1.807, 2.05) is 60.8 Å². The second-order valence-electron chi connectivity index (χ2n) is 7.54. The first kappa shape index (κ1) is 20.3. The first-order valence-electron chi connectivity index (χ1n) is 10.5. The maximum atomic E-state index is 12.8. The van der Waals surface area contributed by atoms with Crippen LogP contribution in [0, 0.1) is 0 Å². The van der Waals surface area contributed by atoms with Crippen LogP contribution in [0.15, 0.2) is 91.8 Å². The lowest BCUT2D eigenvalue weighted by atomic mass is 10.0. The Kier molecular flexibility index (Phi) is 5.47. The minimum atomic E-state index is -0.726. The summed E-state index contributed by atoms with van der Waals surface area (Å²) in [4.78, 5) is 35.3. The molecule has 1 unspecified atom stereocenters. The molecule has 1 aromatic carbocycles. The molecule has 0 bridgehead atoms. The van der Waals surface area contributed by atoms with Gasteiger partial charge < -0.3 is 10.7 Å². The van der Waals surface area contributed by atoms with Gasteiger partial charge in [-0.15, -0.1) is 0 Å². The fraction of sp³-hybridized carbons (Fsp3) is 0.0800. The lowest BCUT2D eigenvalue weighted by Crippen LogP contribution is -2.44. The zero-order chi connectivity index (χ0) is 22.6. The zero-order valence-corrected chi connectivity index (χ0v) is 17.7. The first-order valence-corrected chi connectivity index (χ1v) is 10.5. The highest BCUT2D eigenvalue weighted by molar-refractivity contribution is 5.89. The first-order chi connectivity index (χ1) is 16.2. The summed E-state index contributed by atoms with van der Waals surface area (Å²) in [5.74, 6) is 0.607. The highest BCUT2D eigenvalue weighted by atomic mass is 16.1. The van der Waals surface area contributed by atoms with E-state index >= 15 is 0 Å². The van der Waals surface area contributed by atoms with Crippen molar-refractivity contribution in [2.45, 2.75) is 12.5 Å². The van der Waals surface area contributed by atoms with Crippen molar-refractivity contribution < 1.29 is 4.79 Å². The average molecular weight is 435 g/mol. The third kappa shape index (κ3) is 4.14. The maximum Gasteiger partial charge on any atom is 0.240 e. The standard InChI is InChI=1S/C25H21N7O/c26-25(33)22(13-18-15-29-21-7-2-1-6-19(18)21)32(23-10-12-28-16-30-23)24-9-3-8-20(31-24)17-5-4-11-27-14-17/h1-12,14-16,22,29H,13H2,(H2,26,33). The largest absolute Gasteiger partial charge is 0.368 e. The number of aromatic amines is 1. The smallest absolute Gasteiger partial charge is 0.240 e. The molecule has 0 saturated heterocycles. The molecule has 4 heterocycles. The minimum absolute atomic E-state index is 0.377. The van der Waals surface area contributed by atoms with Crippen molar-refractivity contribution in [2.24, 2.45) is 5.73 Å². The van der Waals surface area contributed by atoms with Gasteiger partial charge in [0.15, 0.2) is 0 Å². The monoisotopic (exact) mass is 435 g/mol. The minimum Gasteiger partial charge on any atom is -0.368 e. The number of rotatable bonds is 7. The number of benzene rings is 1. The summed E-state index contributed by atoms with van der Waals surface area (Å²) >= 11 is 0. The number of hydrogen-bond acceptors (Lipinski definition) is 6. The quantitative estimate of drug-likeness (QED) is 0.403. The Morgan fingerprint density at radius 3 is 2.67 bits per heavy atom. The van der Waals surface area contributed by atoms with Gasteiger partial charge >= 0.3 is 0 Å². The number of carbonyl (C=O) groups excluding carboxylic acids is 1. The number of nitrogens with one attached hydrogen (secondary N) is 1. The van der Waals surface area contributed by atoms with Crippen LogP contribution in [0.5, 0.6) is 0 Å². The van der Waals surface area contributed by atoms with Crippen LogP contribution in [0.1, 0.15) is 5.56 Å². The Labute approximate surface area is 190 Å². The fourth-order valence-corrected chi connectivity index (χ4v) is 3.92. The van der Waals surface area contributed by atoms with Gasteiger partial charge in [-0.25, -0.2) is 15.0 Å². The molecule has 162 valence electrons. The number of amides is 1. The van der Waals surface area contributed by atoms with Crippen LogP contribution < -0.4 is 10.6 Å². The number of carbonyl (C=O) groups is 1. The Morgan fingerprint density at radius 1 is 0.970 bits per heavy atom. The van der Waals surface area contributed by atoms with Crippen molar-refractivity contribution >= 4 is 28.4 Å². The van der Waals surface area contributed by atoms with E-state index in [1.54, 1.807) is 29.6 Å². The van der Waals surface area contributed by atoms with E-state index in [0.29, 0.717) is 18.1 Å². The predicted molar refractivity (Wildman–Crippen MR) is 127 cm³/mol. The van der Waals surface area contributed by atoms with Gasteiger partial charge in [-0.05, 0) is 42.0 Å². The van der Waals surface area contributed by atoms with Crippen LogP contribution >= 0.6 is 0 Å². The number of para-hydroxylation sites is 1. The topological polar surface area (TPSA) is 114 Å². The molecule has 8 heteroatoms. The summed E-state index contributed by atoms with van der Waals surface area (Å²) in [6, 6.07) is 18.4. The molecular weight excluding hydrogens is 414 g/mol. The van der Waals surface area contributed by atoms with E-state index in [9.17, 15) is 4.79 Å². The van der Waals surface area contributed by atoms with Gasteiger partial charge in [-0.2, -0.15) is 0 Å². The third-order valence-electron chi connectivity index (χ3n) is 5.48. The van der Waals surface area contributed by atoms with Crippen LogP contribution in [0.25, 0.3) is 22.2 Å². The number of anilines is 2. The summed E-state index contributed by atoms with van der Waals surface area (Å²) in [5, 5.41) is 1.04. The van der Waals surface area contributed by atoms with Gasteiger partial charge in [0.2, 0.25) is 5.91 Å². The molecule has 5 rings (SSSR count). The number of primary amides is 1. The molecule has 1 atom stereocenters. The molecule has 33 heavy (non-hydrogen) atoms. The van der Waals surface area contributed by atoms with Crippen LogP contribution in [-0.4, -0.2) is 36.9 Å². The summed E-state index contributed by atoms with van der Waals surface area (Å²) in [7, 11) is 0. The van der Waals surface area contributed by atoms with Gasteiger partial charge in [0.25, 0.3) is 0 Å². The number of hydrogen-bond donors (Lipinski definition) is 2. The van der Waals surface area contributed by atoms with Gasteiger partial charge in [0.1, 0.15) is 24.0 Å². The van der Waals surface area contributed by atoms with Gasteiger partial charge in [0, 0.05) is 47.7 Å². The van der Waals surface area contributed by atoms with Crippen LogP contribution in [-0.2, 0) is 11.2 Å². The number of nitrogens with two attached hydrogens (primary N) is 1. The van der Waals surface area contributed by atoms with E-state index in [1.165, 1.54) is 6.33 Å². The molecule has 0 aliphatic heterocycles. The maximum absolute atomic E-state index is 12.8. The van der Waals surface area contributed by atoms with Crippen molar-refractivity contribution in [3.63, 3.8) is 0 Å². The Hall–Kier alpha value is -4.59. The Morgan fingerprint density at radius 2 is 1.88 bits per heavy atom. The molecule has 0 spiro atoms. The normalized spacial score (nSPS) is 11.9. The fourth-order valence-electron chi connectivity index (χ4n) is 3.92. The van der Waals surface area contributed by atoms with Crippen LogP contribution in [0.2, 0.25) is 0 Å². The molecule has 1 amide bonds. The molecule has 3 N–H and O–H groups in total. The van der Waals surface area contributed by atoms with Crippen molar-refractivity contribution in [2.75, 3.05) is 4.90 Å². The van der Waals surface area contributed by atoms with Crippen molar-refractivity contribution in [1.82, 2.24) is 24.9 Å². The van der Waals surface area contributed by atoms with Crippen molar-refractivity contribution in [1.29, 1.82) is 0 Å². The molecule has 4 aromatic heterocycles. The van der Waals surface area contributed by atoms with E-state index in [2.05, 4.69) is 19.9 Å². The molecule has 0 radical (unpaired) electrons. The Bertz CT molecular complexity index is 1390. The number of H-pyrrole nitrogens is 1. The average Bonchev–Trinajstić information content (AvgIpc) is 3.28. The van der Waals surface area contributed by atoms with Gasteiger partial charge in [0.05, 0.1) is 5.69 Å². The third-order valence-corrected chi connectivity index (χ3v) is 5.48. The zero-order valence-electron chi connectivity index (χ0n) is 17.7. The van der Waals surface area contributed by atoms with Crippen molar-refractivity contribution in [3.8, 4) is 11.3 Å². The highest BCUT2D eigenvalue weighted by Crippen LogP contribution is 2.29. The van der Waals surface area contributed by atoms with E-state index in [4.69, 9.17) is 10.7 Å². The van der Waals surface area contributed by atoms with Crippen molar-refractivity contribution in [3.05, 3.63) is 97.3 Å². The summed E-state index contributed by atoms with van der Waals surface area (Å²) < 4.78 is 0. The molecule has 0 fully saturated rings. The molecule has 0 aliphatic carbocycles. The number of pyridine rings is 2. The molecule has 5 aromatic rings. The molecule has 0 saturated carbocycles. The predicted octanol–water partition coefficient (Wildman–Crippen LogP) is 3.65. The summed E-state index contributed by atoms with van der Waals surface area (Å²) in [5.41, 5.74) is 9.54. The molecule has 8 nitrogen and oxygen atoms in total. The van der Waals surface area contributed by atoms with E-state index < -0.39 is 11.9 Å². The number of aromatic nitrogens is 5. The molecular formula is C25H21N7O. The lowest BCUT2D eigenvalue weighted by Gasteiger charge is -2.30. The summed E-state index contributed by atoms with van der Waals surface area (Å²) in [6.07, 6.45) is 8.82. The van der Waals surface area contributed by atoms with E-state index in [-0.39, 0.29) is 0 Å². The lowest BCUT2D eigenvalue weighted by molar-refractivity contribution is -0.119. The number of fused-ring (bicyclic) bond motifs is 1. The SMILES string of the molecule is NC(=O)C(Cc1c[nH]c2ccccc12)N(c1ccncn1)c1cccc(-c2cccnc2)n1. The van der Waals surface area contributed by atoms with Gasteiger partial charge in [-0.3, -0.25) is 14.7 Å². The van der Waals surface area contributed by atoms with Gasteiger partial charge in [-0.1, -0.05) is 24.3 Å².